The van der Waals surface area contributed by atoms with Crippen LogP contribution in [0, 0.1) is 0 Å². The Labute approximate surface area is 113 Å². The van der Waals surface area contributed by atoms with Crippen LogP contribution in [0.3, 0.4) is 0 Å². The molecule has 1 heterocycles. The molecule has 0 aliphatic heterocycles. The van der Waals surface area contributed by atoms with Crippen LogP contribution in [0.1, 0.15) is 6.92 Å². The van der Waals surface area contributed by atoms with Gasteiger partial charge < -0.3 is 5.32 Å². The molecule has 0 atom stereocenters. The van der Waals surface area contributed by atoms with Crippen molar-refractivity contribution in [3.8, 4) is 11.3 Å². The standard InChI is InChI=1S/C12H12N2S.C2H7N/c1-2-15-12-6-4-3-5-10(12)11-7-8-13-9-14-11;1-3-2/h3-9H,2H2,1H3;3H,1-2H3. The molecule has 0 aliphatic rings. The third kappa shape index (κ3) is 4.47. The molecule has 18 heavy (non-hydrogen) atoms. The highest BCUT2D eigenvalue weighted by Gasteiger charge is 2.04. The zero-order chi connectivity index (χ0) is 13.2. The number of hydrogen-bond donors (Lipinski definition) is 1. The summed E-state index contributed by atoms with van der Waals surface area (Å²) in [6.07, 6.45) is 3.36. The van der Waals surface area contributed by atoms with E-state index in [4.69, 9.17) is 0 Å². The Morgan fingerprint density at radius 2 is 1.89 bits per heavy atom. The molecule has 0 saturated carbocycles. The van der Waals surface area contributed by atoms with E-state index < -0.39 is 0 Å². The van der Waals surface area contributed by atoms with E-state index >= 15 is 0 Å². The van der Waals surface area contributed by atoms with E-state index in [1.54, 1.807) is 12.5 Å². The van der Waals surface area contributed by atoms with Gasteiger partial charge in [0.25, 0.3) is 0 Å². The lowest BCUT2D eigenvalue weighted by Crippen LogP contribution is -1.89. The van der Waals surface area contributed by atoms with Gasteiger partial charge in [-0.1, -0.05) is 25.1 Å². The summed E-state index contributed by atoms with van der Waals surface area (Å²) in [5.41, 5.74) is 2.17. The third-order valence-corrected chi connectivity index (χ3v) is 3.00. The fourth-order valence-corrected chi connectivity index (χ4v) is 2.22. The van der Waals surface area contributed by atoms with Gasteiger partial charge in [-0.2, -0.15) is 0 Å². The molecule has 4 heteroatoms. The van der Waals surface area contributed by atoms with E-state index in [2.05, 4.69) is 40.4 Å². The molecule has 1 aromatic heterocycles. The second kappa shape index (κ2) is 8.66. The van der Waals surface area contributed by atoms with Crippen LogP contribution in [0.5, 0.6) is 0 Å². The lowest BCUT2D eigenvalue weighted by atomic mass is 10.1. The number of hydrogen-bond acceptors (Lipinski definition) is 4. The molecular formula is C14H19N3S. The van der Waals surface area contributed by atoms with Gasteiger partial charge >= 0.3 is 0 Å². The molecule has 2 rings (SSSR count). The largest absolute Gasteiger partial charge is 0.323 e. The molecule has 0 amide bonds. The Balaban J connectivity index is 0.000000492. The Hall–Kier alpha value is -1.39. The van der Waals surface area contributed by atoms with Crippen molar-refractivity contribution >= 4 is 11.8 Å². The predicted octanol–water partition coefficient (Wildman–Crippen LogP) is 3.09. The van der Waals surface area contributed by atoms with Gasteiger partial charge in [0.1, 0.15) is 6.33 Å². The molecule has 1 aromatic carbocycles. The first-order valence-electron chi connectivity index (χ1n) is 5.90. The number of rotatable bonds is 3. The summed E-state index contributed by atoms with van der Waals surface area (Å²) >= 11 is 1.84. The second-order valence-corrected chi connectivity index (χ2v) is 4.83. The number of nitrogens with zero attached hydrogens (tertiary/aromatic N) is 2. The number of nitrogens with one attached hydrogen (secondary N) is 1. The van der Waals surface area contributed by atoms with E-state index in [0.717, 1.165) is 11.4 Å². The minimum Gasteiger partial charge on any atom is -0.323 e. The summed E-state index contributed by atoms with van der Waals surface area (Å²) in [5, 5.41) is 2.75. The van der Waals surface area contributed by atoms with Gasteiger partial charge in [-0.05, 0) is 32.0 Å². The fraction of sp³-hybridized carbons (Fsp3) is 0.286. The minimum absolute atomic E-state index is 0.988. The van der Waals surface area contributed by atoms with Gasteiger partial charge in [-0.25, -0.2) is 9.97 Å². The van der Waals surface area contributed by atoms with Crippen molar-refractivity contribution in [1.29, 1.82) is 0 Å². The van der Waals surface area contributed by atoms with E-state index in [0.29, 0.717) is 0 Å². The molecule has 2 aromatic rings. The molecular weight excluding hydrogens is 242 g/mol. The van der Waals surface area contributed by atoms with E-state index in [1.165, 1.54) is 10.5 Å². The molecule has 0 aliphatic carbocycles. The van der Waals surface area contributed by atoms with Crippen molar-refractivity contribution in [3.63, 3.8) is 0 Å². The fourth-order valence-electron chi connectivity index (χ4n) is 1.41. The van der Waals surface area contributed by atoms with Crippen LogP contribution < -0.4 is 5.32 Å². The molecule has 0 bridgehead atoms. The van der Waals surface area contributed by atoms with Crippen molar-refractivity contribution in [2.45, 2.75) is 11.8 Å². The summed E-state index contributed by atoms with van der Waals surface area (Å²) in [7, 11) is 3.75. The van der Waals surface area contributed by atoms with Crippen molar-refractivity contribution in [3.05, 3.63) is 42.9 Å². The molecule has 0 spiro atoms. The zero-order valence-electron chi connectivity index (χ0n) is 11.1. The zero-order valence-corrected chi connectivity index (χ0v) is 11.9. The van der Waals surface area contributed by atoms with Crippen LogP contribution in [0.25, 0.3) is 11.3 Å². The van der Waals surface area contributed by atoms with Gasteiger partial charge in [-0.3, -0.25) is 0 Å². The Bertz CT molecular complexity index is 446. The van der Waals surface area contributed by atoms with Gasteiger partial charge in [0, 0.05) is 16.7 Å². The summed E-state index contributed by atoms with van der Waals surface area (Å²) in [4.78, 5) is 9.47. The molecule has 3 nitrogen and oxygen atoms in total. The van der Waals surface area contributed by atoms with Crippen LogP contribution in [0.2, 0.25) is 0 Å². The van der Waals surface area contributed by atoms with Crippen molar-refractivity contribution in [1.82, 2.24) is 15.3 Å². The van der Waals surface area contributed by atoms with Crippen LogP contribution >= 0.6 is 11.8 Å². The SMILES string of the molecule is CCSc1ccccc1-c1ccncn1.CNC. The Morgan fingerprint density at radius 3 is 2.50 bits per heavy atom. The van der Waals surface area contributed by atoms with Crippen molar-refractivity contribution in [2.75, 3.05) is 19.8 Å². The second-order valence-electron chi connectivity index (χ2n) is 3.52. The highest BCUT2D eigenvalue weighted by atomic mass is 32.2. The van der Waals surface area contributed by atoms with E-state index in [-0.39, 0.29) is 0 Å². The minimum atomic E-state index is 0.988. The lowest BCUT2D eigenvalue weighted by molar-refractivity contribution is 1.02. The van der Waals surface area contributed by atoms with E-state index in [1.807, 2.05) is 38.0 Å². The normalized spacial score (nSPS) is 9.50. The van der Waals surface area contributed by atoms with Gasteiger partial charge in [-0.15, -0.1) is 11.8 Å². The highest BCUT2D eigenvalue weighted by molar-refractivity contribution is 7.99. The maximum Gasteiger partial charge on any atom is 0.116 e. The van der Waals surface area contributed by atoms with Crippen LogP contribution in [-0.4, -0.2) is 29.8 Å². The summed E-state index contributed by atoms with van der Waals surface area (Å²) < 4.78 is 0. The molecule has 0 saturated heterocycles. The maximum absolute atomic E-state index is 4.27. The number of thioether (sulfide) groups is 1. The molecule has 0 unspecified atom stereocenters. The van der Waals surface area contributed by atoms with E-state index in [9.17, 15) is 0 Å². The van der Waals surface area contributed by atoms with Crippen LogP contribution in [-0.2, 0) is 0 Å². The summed E-state index contributed by atoms with van der Waals surface area (Å²) in [6, 6.07) is 10.3. The highest BCUT2D eigenvalue weighted by Crippen LogP contribution is 2.29. The lowest BCUT2D eigenvalue weighted by Gasteiger charge is -2.06. The summed E-state index contributed by atoms with van der Waals surface area (Å²) in [5.74, 6) is 1.07. The Kier molecular flexibility index (Phi) is 7.06. The average Bonchev–Trinajstić information content (AvgIpc) is 2.42. The average molecular weight is 261 g/mol. The first kappa shape index (κ1) is 14.7. The molecule has 0 fully saturated rings. The number of aromatic nitrogens is 2. The topological polar surface area (TPSA) is 37.8 Å². The predicted molar refractivity (Wildman–Crippen MR) is 78.8 cm³/mol. The maximum atomic E-state index is 4.27. The quantitative estimate of drug-likeness (QED) is 0.862. The first-order valence-corrected chi connectivity index (χ1v) is 6.88. The monoisotopic (exact) mass is 261 g/mol. The number of benzene rings is 1. The van der Waals surface area contributed by atoms with Crippen LogP contribution in [0.15, 0.2) is 47.8 Å². The van der Waals surface area contributed by atoms with Gasteiger partial charge in [0.15, 0.2) is 0 Å². The molecule has 1 N–H and O–H groups in total. The van der Waals surface area contributed by atoms with Gasteiger partial charge in [0.2, 0.25) is 0 Å². The van der Waals surface area contributed by atoms with Crippen LogP contribution in [0.4, 0.5) is 0 Å². The molecule has 96 valence electrons. The molecule has 0 radical (unpaired) electrons. The van der Waals surface area contributed by atoms with Gasteiger partial charge in [0.05, 0.1) is 5.69 Å². The summed E-state index contributed by atoms with van der Waals surface area (Å²) in [6.45, 7) is 2.15. The third-order valence-electron chi connectivity index (χ3n) is 2.04. The smallest absolute Gasteiger partial charge is 0.116 e. The Morgan fingerprint density at radius 1 is 1.17 bits per heavy atom. The van der Waals surface area contributed by atoms with Crippen molar-refractivity contribution < 1.29 is 0 Å². The van der Waals surface area contributed by atoms with Crippen molar-refractivity contribution in [2.24, 2.45) is 0 Å². The first-order chi connectivity index (χ1) is 8.83.